The smallest absolute Gasteiger partial charge is 0.212 e. The number of azo groups is 1. The highest BCUT2D eigenvalue weighted by atomic mass is 17.2. The number of hydrogen-bond donors (Lipinski definition) is 0. The zero-order chi connectivity index (χ0) is 19.4. The van der Waals surface area contributed by atoms with E-state index in [0.717, 1.165) is 0 Å². The van der Waals surface area contributed by atoms with E-state index in [9.17, 15) is 0 Å². The third kappa shape index (κ3) is 12.8. The summed E-state index contributed by atoms with van der Waals surface area (Å²) in [5, 5.41) is 8.75. The molecule has 0 spiro atoms. The summed E-state index contributed by atoms with van der Waals surface area (Å²) >= 11 is 0. The van der Waals surface area contributed by atoms with Gasteiger partial charge in [-0.3, -0.25) is 0 Å². The summed E-state index contributed by atoms with van der Waals surface area (Å²) in [6.45, 7) is 23.1. The van der Waals surface area contributed by atoms with Gasteiger partial charge in [-0.25, -0.2) is 19.6 Å². The lowest BCUT2D eigenvalue weighted by atomic mass is 9.98. The first kappa shape index (κ1) is 23.4. The van der Waals surface area contributed by atoms with E-state index < -0.39 is 22.5 Å². The molecular formula is C18H38N2O4. The maximum Gasteiger partial charge on any atom is 0.212 e. The van der Waals surface area contributed by atoms with Crippen molar-refractivity contribution in [2.24, 2.45) is 10.2 Å². The molecule has 0 fully saturated rings. The van der Waals surface area contributed by atoms with Crippen LogP contribution in [0.1, 0.15) is 89.5 Å². The highest BCUT2D eigenvalue weighted by Gasteiger charge is 2.39. The minimum atomic E-state index is -0.995. The Balaban J connectivity index is 5.20. The van der Waals surface area contributed by atoms with Gasteiger partial charge in [-0.2, -0.15) is 10.2 Å². The molecule has 144 valence electrons. The fourth-order valence-corrected chi connectivity index (χ4v) is 1.61. The largest absolute Gasteiger partial charge is 0.230 e. The Morgan fingerprint density at radius 3 is 1.33 bits per heavy atom. The van der Waals surface area contributed by atoms with Gasteiger partial charge in [-0.05, 0) is 83.1 Å². The second-order valence-corrected chi connectivity index (χ2v) is 10.0. The van der Waals surface area contributed by atoms with E-state index in [4.69, 9.17) is 19.6 Å². The highest BCUT2D eigenvalue weighted by Crippen LogP contribution is 2.32. The Kier molecular flexibility index (Phi) is 7.59. The van der Waals surface area contributed by atoms with Gasteiger partial charge in [0.05, 0.1) is 16.7 Å². The second-order valence-electron chi connectivity index (χ2n) is 10.0. The first-order valence-corrected chi connectivity index (χ1v) is 8.50. The highest BCUT2D eigenvalue weighted by molar-refractivity contribution is 4.82. The Morgan fingerprint density at radius 2 is 0.958 bits per heavy atom. The number of rotatable bonds is 7. The van der Waals surface area contributed by atoms with Crippen LogP contribution in [0.3, 0.4) is 0 Å². The Bertz CT molecular complexity index is 414. The zero-order valence-corrected chi connectivity index (χ0v) is 17.7. The standard InChI is InChI=1S/C18H38N2O4/c1-14(2,3)19-20-18(12,24-22-16(7,8)9)13-17(10,11)23-21-15(4,5)6/h13H2,1-12H3. The maximum atomic E-state index is 5.66. The molecule has 0 aromatic rings. The molecule has 0 heterocycles. The van der Waals surface area contributed by atoms with Crippen molar-refractivity contribution in [3.63, 3.8) is 0 Å². The molecule has 0 aliphatic heterocycles. The van der Waals surface area contributed by atoms with Crippen LogP contribution in [-0.4, -0.2) is 28.1 Å². The van der Waals surface area contributed by atoms with Gasteiger partial charge in [0, 0.05) is 6.42 Å². The van der Waals surface area contributed by atoms with Crippen molar-refractivity contribution < 1.29 is 19.6 Å². The summed E-state index contributed by atoms with van der Waals surface area (Å²) < 4.78 is 0. The van der Waals surface area contributed by atoms with E-state index in [1.807, 2.05) is 83.1 Å². The number of nitrogens with zero attached hydrogens (tertiary/aromatic N) is 2. The average Bonchev–Trinajstić information content (AvgIpc) is 2.29. The van der Waals surface area contributed by atoms with Crippen molar-refractivity contribution in [1.82, 2.24) is 0 Å². The summed E-state index contributed by atoms with van der Waals surface area (Å²) in [7, 11) is 0. The van der Waals surface area contributed by atoms with Crippen molar-refractivity contribution in [2.45, 2.75) is 118 Å². The van der Waals surface area contributed by atoms with Crippen molar-refractivity contribution in [1.29, 1.82) is 0 Å². The van der Waals surface area contributed by atoms with Crippen LogP contribution in [0.25, 0.3) is 0 Å². The molecule has 6 nitrogen and oxygen atoms in total. The first-order valence-electron chi connectivity index (χ1n) is 8.50. The Labute approximate surface area is 148 Å². The van der Waals surface area contributed by atoms with Crippen LogP contribution in [0, 0.1) is 0 Å². The van der Waals surface area contributed by atoms with E-state index >= 15 is 0 Å². The minimum absolute atomic E-state index is 0.306. The van der Waals surface area contributed by atoms with Crippen LogP contribution in [0.2, 0.25) is 0 Å². The van der Waals surface area contributed by atoms with Crippen LogP contribution < -0.4 is 0 Å². The Morgan fingerprint density at radius 1 is 0.542 bits per heavy atom. The fraction of sp³-hybridized carbons (Fsp3) is 1.00. The quantitative estimate of drug-likeness (QED) is 0.341. The van der Waals surface area contributed by atoms with Crippen LogP contribution in [0.15, 0.2) is 10.2 Å². The lowest BCUT2D eigenvalue weighted by Gasteiger charge is -2.35. The summed E-state index contributed by atoms with van der Waals surface area (Å²) in [5.41, 5.74) is -2.79. The third-order valence-corrected chi connectivity index (χ3v) is 2.30. The molecule has 0 aliphatic rings. The summed E-state index contributed by atoms with van der Waals surface area (Å²) in [4.78, 5) is 22.2. The Hall–Kier alpha value is -0.560. The van der Waals surface area contributed by atoms with Crippen LogP contribution in [0.4, 0.5) is 0 Å². The molecule has 0 rings (SSSR count). The summed E-state index contributed by atoms with van der Waals surface area (Å²) in [5.74, 6) is 0. The lowest BCUT2D eigenvalue weighted by molar-refractivity contribution is -0.430. The maximum absolute atomic E-state index is 5.66. The molecule has 0 radical (unpaired) electrons. The predicted molar refractivity (Wildman–Crippen MR) is 95.6 cm³/mol. The third-order valence-electron chi connectivity index (χ3n) is 2.30. The fourth-order valence-electron chi connectivity index (χ4n) is 1.61. The van der Waals surface area contributed by atoms with Gasteiger partial charge in [0.1, 0.15) is 5.60 Å². The molecule has 1 atom stereocenters. The van der Waals surface area contributed by atoms with Gasteiger partial charge in [0.2, 0.25) is 5.72 Å². The van der Waals surface area contributed by atoms with Gasteiger partial charge in [0.25, 0.3) is 0 Å². The van der Waals surface area contributed by atoms with Crippen LogP contribution >= 0.6 is 0 Å². The second kappa shape index (κ2) is 7.77. The molecule has 0 saturated carbocycles. The van der Waals surface area contributed by atoms with Gasteiger partial charge >= 0.3 is 0 Å². The van der Waals surface area contributed by atoms with Crippen molar-refractivity contribution in [2.75, 3.05) is 0 Å². The predicted octanol–water partition coefficient (Wildman–Crippen LogP) is 5.62. The van der Waals surface area contributed by atoms with Crippen LogP contribution in [0.5, 0.6) is 0 Å². The molecule has 0 amide bonds. The molecule has 6 heteroatoms. The van der Waals surface area contributed by atoms with Gasteiger partial charge in [-0.15, -0.1) is 0 Å². The van der Waals surface area contributed by atoms with E-state index in [2.05, 4.69) is 10.2 Å². The normalized spacial score (nSPS) is 17.3. The lowest BCUT2D eigenvalue weighted by Crippen LogP contribution is -2.41. The SMILES string of the molecule is CC(C)(C)N=NC(C)(CC(C)(C)OOC(C)(C)C)OOC(C)(C)C. The molecule has 0 aromatic heterocycles. The zero-order valence-electron chi connectivity index (χ0n) is 17.7. The molecular weight excluding hydrogens is 308 g/mol. The number of hydrogen-bond acceptors (Lipinski definition) is 6. The molecule has 0 bridgehead atoms. The summed E-state index contributed by atoms with van der Waals surface area (Å²) in [6, 6.07) is 0. The molecule has 0 N–H and O–H groups in total. The molecule has 1 unspecified atom stereocenters. The van der Waals surface area contributed by atoms with Crippen molar-refractivity contribution in [3.8, 4) is 0 Å². The van der Waals surface area contributed by atoms with E-state index in [1.54, 1.807) is 0 Å². The van der Waals surface area contributed by atoms with E-state index in [0.29, 0.717) is 6.42 Å². The van der Waals surface area contributed by atoms with E-state index in [1.165, 1.54) is 0 Å². The molecule has 0 aromatic carbocycles. The molecule has 0 aliphatic carbocycles. The monoisotopic (exact) mass is 346 g/mol. The first-order chi connectivity index (χ1) is 10.3. The summed E-state index contributed by atoms with van der Waals surface area (Å²) in [6.07, 6.45) is 0.408. The van der Waals surface area contributed by atoms with Gasteiger partial charge in [0.15, 0.2) is 0 Å². The van der Waals surface area contributed by atoms with E-state index in [-0.39, 0.29) is 5.54 Å². The van der Waals surface area contributed by atoms with Gasteiger partial charge in [-0.1, -0.05) is 0 Å². The average molecular weight is 347 g/mol. The van der Waals surface area contributed by atoms with Crippen molar-refractivity contribution >= 4 is 0 Å². The van der Waals surface area contributed by atoms with Crippen molar-refractivity contribution in [3.05, 3.63) is 0 Å². The van der Waals surface area contributed by atoms with Gasteiger partial charge < -0.3 is 0 Å². The van der Waals surface area contributed by atoms with Crippen LogP contribution in [-0.2, 0) is 19.6 Å². The molecule has 0 saturated heterocycles. The molecule has 24 heavy (non-hydrogen) atoms. The minimum Gasteiger partial charge on any atom is -0.230 e. The topological polar surface area (TPSA) is 61.6 Å².